The summed E-state index contributed by atoms with van der Waals surface area (Å²) in [6.45, 7) is 0. The zero-order valence-corrected chi connectivity index (χ0v) is 7.27. The number of nitrogens with zero attached hydrogens (tertiary/aromatic N) is 1. The van der Waals surface area contributed by atoms with Crippen LogP contribution in [0.1, 0.15) is 0 Å². The zero-order valence-electron chi connectivity index (χ0n) is 4.57. The molecule has 5 heteroatoms. The van der Waals surface area contributed by atoms with E-state index >= 15 is 0 Å². The van der Waals surface area contributed by atoms with Gasteiger partial charge in [0.25, 0.3) is 0 Å². The molecule has 0 aromatic rings. The van der Waals surface area contributed by atoms with E-state index in [9.17, 15) is 4.79 Å². The third-order valence-electron chi connectivity index (χ3n) is 0.646. The van der Waals surface area contributed by atoms with E-state index in [0.29, 0.717) is 17.1 Å². The van der Waals surface area contributed by atoms with E-state index in [-0.39, 0.29) is 5.12 Å². The van der Waals surface area contributed by atoms with Crippen LogP contribution in [0.15, 0.2) is 0 Å². The fraction of sp³-hybridized carbons (Fsp3) is 0.500. The second kappa shape index (κ2) is 4.83. The van der Waals surface area contributed by atoms with Crippen molar-refractivity contribution >= 4 is 32.9 Å². The van der Waals surface area contributed by atoms with E-state index in [0.717, 1.165) is 0 Å². The Morgan fingerprint density at radius 2 is 2.56 bits per heavy atom. The van der Waals surface area contributed by atoms with Gasteiger partial charge in [0.05, 0.1) is 0 Å². The van der Waals surface area contributed by atoms with Crippen LogP contribution in [0, 0.1) is 10.7 Å². The van der Waals surface area contributed by atoms with Crippen molar-refractivity contribution in [3.05, 3.63) is 0 Å². The second-order valence-corrected chi connectivity index (χ2v) is 2.86. The Hall–Kier alpha value is -0.0105. The summed E-state index contributed by atoms with van der Waals surface area (Å²) in [5, 5.41) is 9.94. The van der Waals surface area contributed by atoms with Gasteiger partial charge in [0.15, 0.2) is 0 Å². The Labute approximate surface area is 65.8 Å². The summed E-state index contributed by atoms with van der Waals surface area (Å²) >= 11 is 2.81. The van der Waals surface area contributed by atoms with Crippen LogP contribution in [0.3, 0.4) is 0 Å². The number of thioether (sulfide) groups is 1. The molecule has 9 heavy (non-hydrogen) atoms. The number of rotatable bonds is 2. The molecule has 0 aliphatic heterocycles. The van der Waals surface area contributed by atoms with Gasteiger partial charge in [0.1, 0.15) is 0 Å². The summed E-state index contributed by atoms with van der Waals surface area (Å²) in [6.07, 6.45) is 0. The predicted octanol–water partition coefficient (Wildman–Crippen LogP) is -0.626. The number of hydrogen-bond donors (Lipinski definition) is 1. The normalized spacial score (nSPS) is 12.1. The van der Waals surface area contributed by atoms with Gasteiger partial charge in [-0.05, 0) is 0 Å². The van der Waals surface area contributed by atoms with Crippen molar-refractivity contribution in [1.29, 1.82) is 5.26 Å². The molecule has 0 heterocycles. The maximum atomic E-state index is 10.6. The summed E-state index contributed by atoms with van der Waals surface area (Å²) in [4.78, 5) is 10.6. The van der Waals surface area contributed by atoms with Crippen LogP contribution < -0.4 is 5.73 Å². The van der Waals surface area contributed by atoms with Gasteiger partial charge >= 0.3 is 65.4 Å². The molecule has 0 aromatic carbocycles. The van der Waals surface area contributed by atoms with Crippen LogP contribution >= 0.6 is 11.8 Å². The van der Waals surface area contributed by atoms with Crippen molar-refractivity contribution in [3.63, 3.8) is 0 Å². The second-order valence-electron chi connectivity index (χ2n) is 1.30. The predicted molar refractivity (Wildman–Crippen MR) is 38.1 cm³/mol. The first-order chi connectivity index (χ1) is 4.22. The third kappa shape index (κ3) is 3.55. The van der Waals surface area contributed by atoms with Crippen molar-refractivity contribution in [2.45, 2.75) is 11.4 Å². The molecule has 1 atom stereocenters. The SMILES string of the molecule is N#CSC(=O)[C@@H](N)C[SeH]. The molecule has 0 fully saturated rings. The molecule has 3 nitrogen and oxygen atoms in total. The Morgan fingerprint density at radius 1 is 2.00 bits per heavy atom. The molecule has 0 saturated heterocycles. The molecule has 0 unspecified atom stereocenters. The van der Waals surface area contributed by atoms with Gasteiger partial charge in [-0.2, -0.15) is 0 Å². The third-order valence-corrected chi connectivity index (χ3v) is 2.07. The van der Waals surface area contributed by atoms with E-state index in [1.54, 1.807) is 5.40 Å². The number of carbonyl (C=O) groups excluding carboxylic acids is 1. The number of nitriles is 1. The fourth-order valence-electron chi connectivity index (χ4n) is 0.195. The Bertz CT molecular complexity index is 144. The van der Waals surface area contributed by atoms with Crippen molar-refractivity contribution < 1.29 is 4.79 Å². The molecular weight excluding hydrogens is 203 g/mol. The van der Waals surface area contributed by atoms with Gasteiger partial charge in [0, 0.05) is 0 Å². The quantitative estimate of drug-likeness (QED) is 0.486. The summed E-state index contributed by atoms with van der Waals surface area (Å²) in [5.41, 5.74) is 5.27. The molecule has 50 valence electrons. The van der Waals surface area contributed by atoms with Crippen LogP contribution in [0.25, 0.3) is 0 Å². The zero-order chi connectivity index (χ0) is 7.28. The summed E-state index contributed by atoms with van der Waals surface area (Å²) in [5.74, 6) is 0. The molecule has 0 aliphatic carbocycles. The van der Waals surface area contributed by atoms with E-state index in [1.165, 1.54) is 0 Å². The first-order valence-electron chi connectivity index (χ1n) is 2.18. The first kappa shape index (κ1) is 8.99. The van der Waals surface area contributed by atoms with E-state index in [4.69, 9.17) is 11.0 Å². The fourth-order valence-corrected chi connectivity index (χ4v) is 1.14. The van der Waals surface area contributed by atoms with Gasteiger partial charge in [0.2, 0.25) is 0 Å². The molecule has 0 radical (unpaired) electrons. The van der Waals surface area contributed by atoms with Crippen LogP contribution in [0.5, 0.6) is 0 Å². The van der Waals surface area contributed by atoms with Crippen LogP contribution in [-0.4, -0.2) is 27.2 Å². The minimum atomic E-state index is -0.505. The number of hydrogen-bond acceptors (Lipinski definition) is 4. The Balaban J connectivity index is 3.62. The summed E-state index contributed by atoms with van der Waals surface area (Å²) in [6, 6.07) is -0.505. The number of thiocyanates is 1. The van der Waals surface area contributed by atoms with Gasteiger partial charge in [-0.1, -0.05) is 0 Å². The van der Waals surface area contributed by atoms with Crippen molar-refractivity contribution in [2.24, 2.45) is 5.73 Å². The number of carbonyl (C=O) groups is 1. The van der Waals surface area contributed by atoms with Crippen LogP contribution in [-0.2, 0) is 4.79 Å². The standard InChI is InChI=1S/C4H6N2OSSe/c5-2-8-4(7)3(6)1-9/h3,9H,1,6H2/t3-/m0/s1. The average molecular weight is 209 g/mol. The monoisotopic (exact) mass is 210 g/mol. The van der Waals surface area contributed by atoms with E-state index in [2.05, 4.69) is 16.0 Å². The molecule has 0 bridgehead atoms. The molecule has 0 amide bonds. The minimum absolute atomic E-state index is 0.266. The van der Waals surface area contributed by atoms with Crippen molar-refractivity contribution in [2.75, 3.05) is 0 Å². The summed E-state index contributed by atoms with van der Waals surface area (Å²) in [7, 11) is 0. The Kier molecular flexibility index (Phi) is 4.82. The van der Waals surface area contributed by atoms with Crippen molar-refractivity contribution in [1.82, 2.24) is 0 Å². The van der Waals surface area contributed by atoms with E-state index in [1.807, 2.05) is 0 Å². The van der Waals surface area contributed by atoms with Gasteiger partial charge in [-0.3, -0.25) is 0 Å². The van der Waals surface area contributed by atoms with Crippen LogP contribution in [0.2, 0.25) is 5.32 Å². The van der Waals surface area contributed by atoms with Gasteiger partial charge < -0.3 is 0 Å². The van der Waals surface area contributed by atoms with Gasteiger partial charge in [-0.15, -0.1) is 0 Å². The molecule has 0 aromatic heterocycles. The molecule has 0 spiro atoms. The first-order valence-corrected chi connectivity index (χ1v) is 4.33. The maximum absolute atomic E-state index is 10.6. The van der Waals surface area contributed by atoms with E-state index < -0.39 is 6.04 Å². The molecule has 0 saturated carbocycles. The van der Waals surface area contributed by atoms with Crippen LogP contribution in [0.4, 0.5) is 0 Å². The number of nitrogens with two attached hydrogens (primary N) is 1. The Morgan fingerprint density at radius 3 is 2.89 bits per heavy atom. The van der Waals surface area contributed by atoms with Gasteiger partial charge in [-0.25, -0.2) is 0 Å². The molecular formula is C4H6N2OSSe. The average Bonchev–Trinajstić information content (AvgIpc) is 1.87. The molecule has 0 aliphatic rings. The summed E-state index contributed by atoms with van der Waals surface area (Å²) < 4.78 is 0. The molecule has 2 N–H and O–H groups in total. The van der Waals surface area contributed by atoms with Crippen molar-refractivity contribution in [3.8, 4) is 5.40 Å². The topological polar surface area (TPSA) is 66.9 Å². The molecule has 0 rings (SSSR count).